The second-order valence-corrected chi connectivity index (χ2v) is 5.19. The van der Waals surface area contributed by atoms with Crippen molar-refractivity contribution in [3.05, 3.63) is 0 Å². The van der Waals surface area contributed by atoms with Gasteiger partial charge in [0.2, 0.25) is 5.91 Å². The summed E-state index contributed by atoms with van der Waals surface area (Å²) in [7, 11) is 0. The molecule has 0 radical (unpaired) electrons. The maximum absolute atomic E-state index is 11.6. The summed E-state index contributed by atoms with van der Waals surface area (Å²) < 4.78 is 0. The SMILES string of the molecule is CCNC(=O)[C@@H](C)NC1CCN(C(C)C)CC1. The summed E-state index contributed by atoms with van der Waals surface area (Å²) in [5.74, 6) is 0.110. The molecule has 4 nitrogen and oxygen atoms in total. The van der Waals surface area contributed by atoms with E-state index >= 15 is 0 Å². The molecule has 1 fully saturated rings. The van der Waals surface area contributed by atoms with Gasteiger partial charge in [0.05, 0.1) is 6.04 Å². The fourth-order valence-corrected chi connectivity index (χ4v) is 2.34. The van der Waals surface area contributed by atoms with Crippen LogP contribution in [-0.4, -0.2) is 48.6 Å². The predicted octanol–water partition coefficient (Wildman–Crippen LogP) is 0.973. The Morgan fingerprint density at radius 1 is 1.29 bits per heavy atom. The first-order chi connectivity index (χ1) is 8.04. The lowest BCUT2D eigenvalue weighted by molar-refractivity contribution is -0.122. The van der Waals surface area contributed by atoms with E-state index in [1.54, 1.807) is 0 Å². The van der Waals surface area contributed by atoms with E-state index in [0.717, 1.165) is 25.9 Å². The first kappa shape index (κ1) is 14.5. The quantitative estimate of drug-likeness (QED) is 0.754. The molecule has 1 heterocycles. The van der Waals surface area contributed by atoms with Crippen LogP contribution in [0, 0.1) is 0 Å². The lowest BCUT2D eigenvalue weighted by Crippen LogP contribution is -2.51. The van der Waals surface area contributed by atoms with Gasteiger partial charge in [-0.1, -0.05) is 0 Å². The van der Waals surface area contributed by atoms with Crippen molar-refractivity contribution in [2.24, 2.45) is 0 Å². The summed E-state index contributed by atoms with van der Waals surface area (Å²) in [6, 6.07) is 1.05. The number of carbonyl (C=O) groups is 1. The zero-order valence-electron chi connectivity index (χ0n) is 11.6. The van der Waals surface area contributed by atoms with Crippen LogP contribution < -0.4 is 10.6 Å². The maximum atomic E-state index is 11.6. The topological polar surface area (TPSA) is 44.4 Å². The number of likely N-dealkylation sites (tertiary alicyclic amines) is 1. The number of hydrogen-bond donors (Lipinski definition) is 2. The predicted molar refractivity (Wildman–Crippen MR) is 71.0 cm³/mol. The highest BCUT2D eigenvalue weighted by molar-refractivity contribution is 5.81. The van der Waals surface area contributed by atoms with Gasteiger partial charge in [0.15, 0.2) is 0 Å². The second-order valence-electron chi connectivity index (χ2n) is 5.19. The van der Waals surface area contributed by atoms with E-state index in [1.165, 1.54) is 0 Å². The molecule has 1 rings (SSSR count). The van der Waals surface area contributed by atoms with Crippen molar-refractivity contribution in [1.29, 1.82) is 0 Å². The number of amides is 1. The summed E-state index contributed by atoms with van der Waals surface area (Å²) in [6.45, 7) is 11.4. The number of piperidine rings is 1. The van der Waals surface area contributed by atoms with Crippen LogP contribution in [0.2, 0.25) is 0 Å². The Kier molecular flexibility index (Phi) is 5.92. The van der Waals surface area contributed by atoms with Crippen molar-refractivity contribution >= 4 is 5.91 Å². The standard InChI is InChI=1S/C13H27N3O/c1-5-14-13(17)11(4)15-12-6-8-16(9-7-12)10(2)3/h10-12,15H,5-9H2,1-4H3,(H,14,17)/t11-/m1/s1. The summed E-state index contributed by atoms with van der Waals surface area (Å²) in [5, 5.41) is 6.27. The van der Waals surface area contributed by atoms with Gasteiger partial charge in [0, 0.05) is 18.6 Å². The smallest absolute Gasteiger partial charge is 0.236 e. The molecular weight excluding hydrogens is 214 g/mol. The van der Waals surface area contributed by atoms with Gasteiger partial charge in [-0.05, 0) is 53.6 Å². The number of rotatable bonds is 5. The molecular formula is C13H27N3O. The van der Waals surface area contributed by atoms with Crippen LogP contribution in [0.4, 0.5) is 0 Å². The first-order valence-electron chi connectivity index (χ1n) is 6.82. The Balaban J connectivity index is 2.28. The Labute approximate surface area is 105 Å². The van der Waals surface area contributed by atoms with Crippen molar-refractivity contribution in [2.45, 2.75) is 58.7 Å². The van der Waals surface area contributed by atoms with Crippen LogP contribution in [-0.2, 0) is 4.79 Å². The molecule has 0 bridgehead atoms. The third-order valence-corrected chi connectivity index (χ3v) is 3.49. The highest BCUT2D eigenvalue weighted by atomic mass is 16.2. The van der Waals surface area contributed by atoms with Gasteiger partial charge in [-0.2, -0.15) is 0 Å². The second kappa shape index (κ2) is 6.97. The van der Waals surface area contributed by atoms with Crippen molar-refractivity contribution < 1.29 is 4.79 Å². The van der Waals surface area contributed by atoms with E-state index in [-0.39, 0.29) is 11.9 Å². The lowest BCUT2D eigenvalue weighted by Gasteiger charge is -2.35. The summed E-state index contributed by atoms with van der Waals surface area (Å²) in [6.07, 6.45) is 2.28. The molecule has 0 unspecified atom stereocenters. The van der Waals surface area contributed by atoms with Crippen LogP contribution in [0.1, 0.15) is 40.5 Å². The third-order valence-electron chi connectivity index (χ3n) is 3.49. The number of likely N-dealkylation sites (N-methyl/N-ethyl adjacent to an activating group) is 1. The van der Waals surface area contributed by atoms with Gasteiger partial charge < -0.3 is 15.5 Å². The fraction of sp³-hybridized carbons (Fsp3) is 0.923. The van der Waals surface area contributed by atoms with Crippen LogP contribution in [0.5, 0.6) is 0 Å². The summed E-state index contributed by atoms with van der Waals surface area (Å²) in [5.41, 5.74) is 0. The van der Waals surface area contributed by atoms with Crippen LogP contribution >= 0.6 is 0 Å². The largest absolute Gasteiger partial charge is 0.355 e. The average Bonchev–Trinajstić information content (AvgIpc) is 2.30. The van der Waals surface area contributed by atoms with Gasteiger partial charge >= 0.3 is 0 Å². The number of hydrogen-bond acceptors (Lipinski definition) is 3. The van der Waals surface area contributed by atoms with Crippen molar-refractivity contribution in [1.82, 2.24) is 15.5 Å². The molecule has 0 saturated carbocycles. The van der Waals surface area contributed by atoms with Gasteiger partial charge in [-0.25, -0.2) is 0 Å². The highest BCUT2D eigenvalue weighted by Gasteiger charge is 2.23. The van der Waals surface area contributed by atoms with Crippen molar-refractivity contribution in [3.63, 3.8) is 0 Å². The van der Waals surface area contributed by atoms with Crippen molar-refractivity contribution in [3.8, 4) is 0 Å². The molecule has 1 amide bonds. The highest BCUT2D eigenvalue weighted by Crippen LogP contribution is 2.13. The molecule has 100 valence electrons. The minimum atomic E-state index is -0.0782. The monoisotopic (exact) mass is 241 g/mol. The molecule has 0 aromatic heterocycles. The average molecular weight is 241 g/mol. The molecule has 2 N–H and O–H groups in total. The number of carbonyl (C=O) groups excluding carboxylic acids is 1. The Bertz CT molecular complexity index is 235. The fourth-order valence-electron chi connectivity index (χ4n) is 2.34. The van der Waals surface area contributed by atoms with E-state index in [2.05, 4.69) is 29.4 Å². The molecule has 17 heavy (non-hydrogen) atoms. The molecule has 0 spiro atoms. The molecule has 1 aliphatic rings. The zero-order valence-corrected chi connectivity index (χ0v) is 11.6. The van der Waals surface area contributed by atoms with E-state index in [9.17, 15) is 4.79 Å². The van der Waals surface area contributed by atoms with Gasteiger partial charge in [-0.3, -0.25) is 4.79 Å². The Hall–Kier alpha value is -0.610. The molecule has 0 aliphatic carbocycles. The zero-order chi connectivity index (χ0) is 12.8. The first-order valence-corrected chi connectivity index (χ1v) is 6.82. The molecule has 0 aromatic carbocycles. The minimum absolute atomic E-state index is 0.0782. The number of nitrogens with one attached hydrogen (secondary N) is 2. The maximum Gasteiger partial charge on any atom is 0.236 e. The molecule has 4 heteroatoms. The van der Waals surface area contributed by atoms with E-state index in [4.69, 9.17) is 0 Å². The third kappa shape index (κ3) is 4.64. The lowest BCUT2D eigenvalue weighted by atomic mass is 10.0. The van der Waals surface area contributed by atoms with Crippen molar-refractivity contribution in [2.75, 3.05) is 19.6 Å². The van der Waals surface area contributed by atoms with Crippen LogP contribution in [0.3, 0.4) is 0 Å². The summed E-state index contributed by atoms with van der Waals surface area (Å²) >= 11 is 0. The van der Waals surface area contributed by atoms with E-state index < -0.39 is 0 Å². The van der Waals surface area contributed by atoms with Gasteiger partial charge in [-0.15, -0.1) is 0 Å². The van der Waals surface area contributed by atoms with E-state index in [0.29, 0.717) is 18.6 Å². The van der Waals surface area contributed by atoms with Gasteiger partial charge in [0.1, 0.15) is 0 Å². The Morgan fingerprint density at radius 2 is 1.88 bits per heavy atom. The molecule has 0 aromatic rings. The summed E-state index contributed by atoms with van der Waals surface area (Å²) in [4.78, 5) is 14.1. The minimum Gasteiger partial charge on any atom is -0.355 e. The van der Waals surface area contributed by atoms with Crippen LogP contribution in [0.25, 0.3) is 0 Å². The molecule has 1 atom stereocenters. The van der Waals surface area contributed by atoms with E-state index in [1.807, 2.05) is 13.8 Å². The molecule has 1 saturated heterocycles. The van der Waals surface area contributed by atoms with Gasteiger partial charge in [0.25, 0.3) is 0 Å². The number of nitrogens with zero attached hydrogens (tertiary/aromatic N) is 1. The van der Waals surface area contributed by atoms with Crippen LogP contribution in [0.15, 0.2) is 0 Å². The Morgan fingerprint density at radius 3 is 2.35 bits per heavy atom. The molecule has 1 aliphatic heterocycles. The normalized spacial score (nSPS) is 20.5.